The van der Waals surface area contributed by atoms with E-state index in [-0.39, 0.29) is 11.2 Å². The van der Waals surface area contributed by atoms with Crippen molar-refractivity contribution in [2.75, 3.05) is 0 Å². The van der Waals surface area contributed by atoms with Crippen molar-refractivity contribution in [2.45, 2.75) is 26.2 Å². The summed E-state index contributed by atoms with van der Waals surface area (Å²) in [6.45, 7) is 5.86. The monoisotopic (exact) mass is 246 g/mol. The summed E-state index contributed by atoms with van der Waals surface area (Å²) in [5, 5.41) is 13.0. The maximum Gasteiger partial charge on any atom is 0.375 e. The minimum atomic E-state index is -1.14. The molecule has 0 bridgehead atoms. The highest BCUT2D eigenvalue weighted by Gasteiger charge is 2.25. The summed E-state index contributed by atoms with van der Waals surface area (Å²) in [5.74, 6) is -0.750. The van der Waals surface area contributed by atoms with Gasteiger partial charge in [0.25, 0.3) is 5.82 Å². The fourth-order valence-corrected chi connectivity index (χ4v) is 1.55. The van der Waals surface area contributed by atoms with Gasteiger partial charge < -0.3 is 5.11 Å². The van der Waals surface area contributed by atoms with Crippen molar-refractivity contribution in [1.82, 2.24) is 19.7 Å². The van der Waals surface area contributed by atoms with Crippen molar-refractivity contribution in [3.8, 4) is 5.69 Å². The van der Waals surface area contributed by atoms with Gasteiger partial charge in [-0.2, -0.15) is 0 Å². The minimum absolute atomic E-state index is 0.205. The maximum absolute atomic E-state index is 11.0. The second-order valence-corrected chi connectivity index (χ2v) is 4.94. The van der Waals surface area contributed by atoms with Crippen LogP contribution in [0, 0.1) is 0 Å². The lowest BCUT2D eigenvalue weighted by molar-refractivity contribution is 0.0683. The van der Waals surface area contributed by atoms with E-state index < -0.39 is 5.97 Å². The zero-order valence-electron chi connectivity index (χ0n) is 10.5. The van der Waals surface area contributed by atoms with E-state index in [1.165, 1.54) is 4.68 Å². The molecule has 1 N–H and O–H groups in total. The molecule has 0 saturated carbocycles. The molecule has 94 valence electrons. The second-order valence-electron chi connectivity index (χ2n) is 4.94. The zero-order valence-corrected chi connectivity index (χ0v) is 10.5. The third kappa shape index (κ3) is 2.22. The molecule has 0 spiro atoms. The average Bonchev–Trinajstić information content (AvgIpc) is 2.74. The number of carboxylic acids is 1. The number of pyridine rings is 1. The number of aromatic carboxylic acids is 1. The van der Waals surface area contributed by atoms with Crippen LogP contribution in [0.1, 0.15) is 37.2 Å². The van der Waals surface area contributed by atoms with Gasteiger partial charge in [0.2, 0.25) is 0 Å². The van der Waals surface area contributed by atoms with Gasteiger partial charge in [0.05, 0.1) is 11.9 Å². The van der Waals surface area contributed by atoms with E-state index in [4.69, 9.17) is 5.11 Å². The summed E-state index contributed by atoms with van der Waals surface area (Å²) in [7, 11) is 0. The number of hydrogen-bond donors (Lipinski definition) is 1. The number of aromatic nitrogens is 4. The quantitative estimate of drug-likeness (QED) is 0.871. The predicted molar refractivity (Wildman–Crippen MR) is 64.8 cm³/mol. The van der Waals surface area contributed by atoms with Crippen LogP contribution in [0.2, 0.25) is 0 Å². The summed E-state index contributed by atoms with van der Waals surface area (Å²) in [5.41, 5.74) is 0.388. The van der Waals surface area contributed by atoms with Crippen LogP contribution in [0.15, 0.2) is 24.5 Å². The highest BCUT2D eigenvalue weighted by atomic mass is 16.4. The van der Waals surface area contributed by atoms with Gasteiger partial charge in [0.1, 0.15) is 5.82 Å². The first-order valence-electron chi connectivity index (χ1n) is 5.51. The van der Waals surface area contributed by atoms with Gasteiger partial charge in [-0.3, -0.25) is 4.98 Å². The Morgan fingerprint density at radius 2 is 2.11 bits per heavy atom. The van der Waals surface area contributed by atoms with Gasteiger partial charge >= 0.3 is 5.97 Å². The lowest BCUT2D eigenvalue weighted by Crippen LogP contribution is -2.18. The largest absolute Gasteiger partial charge is 0.475 e. The number of hydrogen-bond acceptors (Lipinski definition) is 4. The Bertz CT molecular complexity index is 570. The summed E-state index contributed by atoms with van der Waals surface area (Å²) >= 11 is 0. The highest BCUT2D eigenvalue weighted by Crippen LogP contribution is 2.22. The molecule has 6 nitrogen and oxygen atoms in total. The molecule has 0 aliphatic carbocycles. The molecule has 18 heavy (non-hydrogen) atoms. The van der Waals surface area contributed by atoms with Crippen LogP contribution in [-0.4, -0.2) is 30.8 Å². The van der Waals surface area contributed by atoms with Crippen LogP contribution < -0.4 is 0 Å². The standard InChI is InChI=1S/C12H14N4O2/c1-12(2,3)11-14-9(10(17)18)15-16(11)8-5-4-6-13-7-8/h4-7H,1-3H3,(H,17,18). The molecule has 0 atom stereocenters. The number of carboxylic acid groups (broad SMARTS) is 1. The molecule has 0 aliphatic heterocycles. The molecule has 0 radical (unpaired) electrons. The summed E-state index contributed by atoms with van der Waals surface area (Å²) < 4.78 is 1.52. The third-order valence-electron chi connectivity index (χ3n) is 2.36. The molecule has 2 rings (SSSR count). The van der Waals surface area contributed by atoms with Crippen molar-refractivity contribution in [3.05, 3.63) is 36.2 Å². The SMILES string of the molecule is CC(C)(C)c1nc(C(=O)O)nn1-c1cccnc1. The average molecular weight is 246 g/mol. The zero-order chi connectivity index (χ0) is 13.3. The number of nitrogens with zero attached hydrogens (tertiary/aromatic N) is 4. The van der Waals surface area contributed by atoms with Crippen molar-refractivity contribution < 1.29 is 9.90 Å². The second kappa shape index (κ2) is 4.21. The Morgan fingerprint density at radius 1 is 1.39 bits per heavy atom. The van der Waals surface area contributed by atoms with E-state index in [1.54, 1.807) is 18.5 Å². The van der Waals surface area contributed by atoms with Gasteiger partial charge in [-0.15, -0.1) is 5.10 Å². The van der Waals surface area contributed by atoms with Crippen molar-refractivity contribution in [2.24, 2.45) is 0 Å². The molecule has 0 aromatic carbocycles. The van der Waals surface area contributed by atoms with Crippen molar-refractivity contribution in [3.63, 3.8) is 0 Å². The van der Waals surface area contributed by atoms with Crippen molar-refractivity contribution in [1.29, 1.82) is 0 Å². The van der Waals surface area contributed by atoms with E-state index in [2.05, 4.69) is 15.1 Å². The topological polar surface area (TPSA) is 80.9 Å². The molecule has 0 unspecified atom stereocenters. The Kier molecular flexibility index (Phi) is 2.86. The third-order valence-corrected chi connectivity index (χ3v) is 2.36. The fourth-order valence-electron chi connectivity index (χ4n) is 1.55. The van der Waals surface area contributed by atoms with Crippen LogP contribution in [0.5, 0.6) is 0 Å². The van der Waals surface area contributed by atoms with E-state index in [1.807, 2.05) is 26.8 Å². The molecule has 2 heterocycles. The van der Waals surface area contributed by atoms with E-state index in [0.29, 0.717) is 11.5 Å². The first kappa shape index (κ1) is 12.2. The maximum atomic E-state index is 11.0. The normalized spacial score (nSPS) is 11.5. The van der Waals surface area contributed by atoms with Crippen LogP contribution in [0.4, 0.5) is 0 Å². The van der Waals surface area contributed by atoms with Gasteiger partial charge in [0, 0.05) is 11.6 Å². The molecule has 0 fully saturated rings. The molecule has 2 aromatic heterocycles. The fraction of sp³-hybridized carbons (Fsp3) is 0.333. The van der Waals surface area contributed by atoms with Crippen LogP contribution in [0.25, 0.3) is 5.69 Å². The number of rotatable bonds is 2. The minimum Gasteiger partial charge on any atom is -0.475 e. The molecular formula is C12H14N4O2. The summed E-state index contributed by atoms with van der Waals surface area (Å²) in [4.78, 5) is 19.1. The lowest BCUT2D eigenvalue weighted by Gasteiger charge is -2.17. The van der Waals surface area contributed by atoms with Crippen LogP contribution >= 0.6 is 0 Å². The smallest absolute Gasteiger partial charge is 0.375 e. The predicted octanol–water partition coefficient (Wildman–Crippen LogP) is 1.66. The van der Waals surface area contributed by atoms with Crippen LogP contribution in [0.3, 0.4) is 0 Å². The molecule has 0 aliphatic rings. The first-order chi connectivity index (χ1) is 8.39. The molecular weight excluding hydrogens is 232 g/mol. The van der Waals surface area contributed by atoms with E-state index in [0.717, 1.165) is 0 Å². The van der Waals surface area contributed by atoms with E-state index >= 15 is 0 Å². The van der Waals surface area contributed by atoms with Crippen molar-refractivity contribution >= 4 is 5.97 Å². The van der Waals surface area contributed by atoms with Crippen LogP contribution in [-0.2, 0) is 5.41 Å². The number of carbonyl (C=O) groups is 1. The van der Waals surface area contributed by atoms with E-state index in [9.17, 15) is 4.79 Å². The lowest BCUT2D eigenvalue weighted by atomic mass is 9.95. The Hall–Kier alpha value is -2.24. The highest BCUT2D eigenvalue weighted by molar-refractivity contribution is 5.83. The summed E-state index contributed by atoms with van der Waals surface area (Å²) in [6, 6.07) is 3.58. The Labute approximate surface area is 104 Å². The molecule has 6 heteroatoms. The van der Waals surface area contributed by atoms with Gasteiger partial charge in [-0.1, -0.05) is 20.8 Å². The Balaban J connectivity index is 2.62. The van der Waals surface area contributed by atoms with Gasteiger partial charge in [-0.05, 0) is 12.1 Å². The summed E-state index contributed by atoms with van der Waals surface area (Å²) in [6.07, 6.45) is 3.27. The van der Waals surface area contributed by atoms with Gasteiger partial charge in [0.15, 0.2) is 0 Å². The first-order valence-corrected chi connectivity index (χ1v) is 5.51. The molecule has 2 aromatic rings. The molecule has 0 amide bonds. The van der Waals surface area contributed by atoms with Gasteiger partial charge in [-0.25, -0.2) is 14.5 Å². The Morgan fingerprint density at radius 3 is 2.61 bits per heavy atom. The molecule has 0 saturated heterocycles.